The van der Waals surface area contributed by atoms with Crippen LogP contribution in [0.3, 0.4) is 0 Å². The fraction of sp³-hybridized carbons (Fsp3) is 0.606. The van der Waals surface area contributed by atoms with Crippen molar-refractivity contribution < 1.29 is 18.7 Å². The molecule has 3 fully saturated rings. The van der Waals surface area contributed by atoms with Gasteiger partial charge in [-0.15, -0.1) is 0 Å². The van der Waals surface area contributed by atoms with Gasteiger partial charge in [0.05, 0.1) is 18.6 Å². The summed E-state index contributed by atoms with van der Waals surface area (Å²) in [4.78, 5) is 27.1. The van der Waals surface area contributed by atoms with E-state index in [4.69, 9.17) is 9.84 Å². The second-order valence-electron chi connectivity index (χ2n) is 12.8. The van der Waals surface area contributed by atoms with Crippen LogP contribution in [0.1, 0.15) is 104 Å². The van der Waals surface area contributed by atoms with Crippen molar-refractivity contribution in [3.8, 4) is 0 Å². The number of carbonyl (C=O) groups excluding carboxylic acids is 2. The van der Waals surface area contributed by atoms with Crippen LogP contribution in [0.2, 0.25) is 0 Å². The third-order valence-electron chi connectivity index (χ3n) is 10.6. The van der Waals surface area contributed by atoms with E-state index in [2.05, 4.69) is 22.2 Å². The highest BCUT2D eigenvalue weighted by molar-refractivity contribution is 5.95. The summed E-state index contributed by atoms with van der Waals surface area (Å²) in [6.07, 6.45) is 15.8. The number of hydrogen-bond acceptors (Lipinski definition) is 4. The van der Waals surface area contributed by atoms with Crippen LogP contribution >= 0.6 is 0 Å². The number of carbonyl (C=O) groups is 2. The summed E-state index contributed by atoms with van der Waals surface area (Å²) >= 11 is 0. The van der Waals surface area contributed by atoms with Gasteiger partial charge in [0, 0.05) is 34.6 Å². The van der Waals surface area contributed by atoms with Gasteiger partial charge >= 0.3 is 5.97 Å². The van der Waals surface area contributed by atoms with E-state index in [0.29, 0.717) is 24.3 Å². The van der Waals surface area contributed by atoms with Gasteiger partial charge in [0.15, 0.2) is 5.69 Å². The van der Waals surface area contributed by atoms with Crippen molar-refractivity contribution in [2.45, 2.75) is 95.6 Å². The summed E-state index contributed by atoms with van der Waals surface area (Å²) in [7, 11) is 0. The second kappa shape index (κ2) is 10.1. The summed E-state index contributed by atoms with van der Waals surface area (Å²) < 4.78 is 21.8. The van der Waals surface area contributed by atoms with Gasteiger partial charge in [-0.3, -0.25) is 14.3 Å². The molecule has 4 unspecified atom stereocenters. The molecule has 5 aliphatic rings. The lowest BCUT2D eigenvalue weighted by Gasteiger charge is -2.49. The molecule has 40 heavy (non-hydrogen) atoms. The normalized spacial score (nSPS) is 32.3. The van der Waals surface area contributed by atoms with E-state index >= 15 is 0 Å². The maximum Gasteiger partial charge on any atom is 0.311 e. The molecule has 7 heteroatoms. The molecule has 5 aliphatic carbocycles. The zero-order valence-corrected chi connectivity index (χ0v) is 23.4. The molecule has 1 aromatic carbocycles. The predicted octanol–water partition coefficient (Wildman–Crippen LogP) is 6.06. The van der Waals surface area contributed by atoms with Gasteiger partial charge in [0.1, 0.15) is 5.82 Å². The van der Waals surface area contributed by atoms with Crippen LogP contribution in [-0.2, 0) is 22.4 Å². The lowest BCUT2D eigenvalue weighted by Crippen LogP contribution is -2.63. The lowest BCUT2D eigenvalue weighted by atomic mass is 9.58. The summed E-state index contributed by atoms with van der Waals surface area (Å²) in [5.74, 6) is -0.0250. The smallest absolute Gasteiger partial charge is 0.311 e. The van der Waals surface area contributed by atoms with E-state index in [0.717, 1.165) is 62.5 Å². The van der Waals surface area contributed by atoms with Crippen LogP contribution < -0.4 is 5.32 Å². The van der Waals surface area contributed by atoms with Crippen molar-refractivity contribution in [1.29, 1.82) is 0 Å². The number of aromatic nitrogens is 2. The molecule has 0 radical (unpaired) electrons. The third kappa shape index (κ3) is 4.14. The minimum Gasteiger partial charge on any atom is -0.466 e. The number of fused-ring (bicyclic) bond motifs is 1. The number of rotatable bonds is 7. The van der Waals surface area contributed by atoms with Crippen LogP contribution in [0.25, 0.3) is 0 Å². The molecule has 1 amide bonds. The van der Waals surface area contributed by atoms with E-state index in [9.17, 15) is 14.0 Å². The summed E-state index contributed by atoms with van der Waals surface area (Å²) in [6, 6.07) is 6.97. The van der Waals surface area contributed by atoms with Gasteiger partial charge in [0.25, 0.3) is 5.91 Å². The minimum absolute atomic E-state index is 0.0430. The van der Waals surface area contributed by atoms with E-state index in [1.807, 2.05) is 13.0 Å². The summed E-state index contributed by atoms with van der Waals surface area (Å²) in [6.45, 7) is 2.19. The standard InChI is InChI=1S/C33H40FN3O3/c1-2-40-32(39)27-29(26-16-15-22-19-33(22,26)27)35-31(38)28-25-14-7-6-10-21(17-20-9-8-11-23(34)18-20)30(25)37(36-28)24-12-4-3-5-13-24/h8-9,11,15-16,18,21-22,24,26-27,29H,2-7,10,12-14,17,19H2,1H3,(H,35,38)/t21?,22?,26?,27-,29+,33?/m0/s1. The van der Waals surface area contributed by atoms with Gasteiger partial charge in [-0.2, -0.15) is 5.10 Å². The van der Waals surface area contributed by atoms with Crippen LogP contribution in [0.4, 0.5) is 4.39 Å². The Labute approximate surface area is 235 Å². The molecule has 212 valence electrons. The van der Waals surface area contributed by atoms with Crippen molar-refractivity contribution in [3.05, 3.63) is 64.7 Å². The molecule has 6 nitrogen and oxygen atoms in total. The van der Waals surface area contributed by atoms with Crippen LogP contribution in [0, 0.1) is 29.0 Å². The first-order valence-electron chi connectivity index (χ1n) is 15.5. The van der Waals surface area contributed by atoms with Crippen LogP contribution in [0.15, 0.2) is 36.4 Å². The first kappa shape index (κ1) is 26.0. The Bertz CT molecular complexity index is 1340. The van der Waals surface area contributed by atoms with Crippen molar-refractivity contribution in [2.75, 3.05) is 6.61 Å². The van der Waals surface area contributed by atoms with E-state index in [1.165, 1.54) is 31.0 Å². The monoisotopic (exact) mass is 545 g/mol. The Kier molecular flexibility index (Phi) is 6.59. The number of ether oxygens (including phenoxy) is 1. The van der Waals surface area contributed by atoms with Gasteiger partial charge in [-0.05, 0) is 75.5 Å². The number of nitrogens with zero attached hydrogens (tertiary/aromatic N) is 2. The fourth-order valence-corrected chi connectivity index (χ4v) is 8.74. The highest BCUT2D eigenvalue weighted by atomic mass is 19.1. The molecule has 1 heterocycles. The Morgan fingerprint density at radius 2 is 1.95 bits per heavy atom. The second-order valence-corrected chi connectivity index (χ2v) is 12.8. The molecule has 1 spiro atoms. The number of nitrogens with one attached hydrogen (secondary N) is 1. The SMILES string of the molecule is CCOC(=O)[C@@H]1[C@H](NC(=O)c2nn(C3CCCCC3)c3c2CCCCC3Cc2cccc(F)c2)C2C=CC3CC321. The van der Waals surface area contributed by atoms with E-state index < -0.39 is 0 Å². The van der Waals surface area contributed by atoms with Crippen LogP contribution in [0.5, 0.6) is 0 Å². The van der Waals surface area contributed by atoms with Gasteiger partial charge in [0.2, 0.25) is 0 Å². The Morgan fingerprint density at radius 1 is 1.12 bits per heavy atom. The number of benzene rings is 1. The van der Waals surface area contributed by atoms with Gasteiger partial charge < -0.3 is 10.1 Å². The molecule has 7 rings (SSSR count). The predicted molar refractivity (Wildman–Crippen MR) is 149 cm³/mol. The Morgan fingerprint density at radius 3 is 2.73 bits per heavy atom. The molecule has 0 saturated heterocycles. The number of allylic oxidation sites excluding steroid dienone is 1. The molecule has 1 aromatic heterocycles. The molecule has 6 atom stereocenters. The number of amides is 1. The van der Waals surface area contributed by atoms with Crippen molar-refractivity contribution in [1.82, 2.24) is 15.1 Å². The van der Waals surface area contributed by atoms with Crippen molar-refractivity contribution in [2.24, 2.45) is 23.2 Å². The maximum atomic E-state index is 14.1. The molecule has 0 bridgehead atoms. The highest BCUT2D eigenvalue weighted by Crippen LogP contribution is 2.75. The lowest BCUT2D eigenvalue weighted by molar-refractivity contribution is -0.161. The van der Waals surface area contributed by atoms with Gasteiger partial charge in [-0.1, -0.05) is 50.0 Å². The molecule has 3 saturated carbocycles. The van der Waals surface area contributed by atoms with Crippen LogP contribution in [-0.4, -0.2) is 34.3 Å². The number of esters is 1. The average Bonchev–Trinajstić information content (AvgIpc) is 3.51. The molecular weight excluding hydrogens is 505 g/mol. The summed E-state index contributed by atoms with van der Waals surface area (Å²) in [5.41, 5.74) is 3.73. The number of halogens is 1. The Balaban J connectivity index is 1.22. The first-order chi connectivity index (χ1) is 19.5. The van der Waals surface area contributed by atoms with E-state index in [-0.39, 0.29) is 46.9 Å². The topological polar surface area (TPSA) is 73.2 Å². The minimum atomic E-state index is -0.291. The first-order valence-corrected chi connectivity index (χ1v) is 15.5. The Hall–Kier alpha value is -2.96. The quantitative estimate of drug-likeness (QED) is 0.261. The molecule has 0 aliphatic heterocycles. The maximum absolute atomic E-state index is 14.1. The van der Waals surface area contributed by atoms with Gasteiger partial charge in [-0.25, -0.2) is 4.39 Å². The molecular formula is C33H40FN3O3. The van der Waals surface area contributed by atoms with E-state index in [1.54, 1.807) is 12.1 Å². The third-order valence-corrected chi connectivity index (χ3v) is 10.6. The fourth-order valence-electron chi connectivity index (χ4n) is 8.74. The molecule has 2 aromatic rings. The average molecular weight is 546 g/mol. The highest BCUT2D eigenvalue weighted by Gasteiger charge is 2.77. The zero-order valence-electron chi connectivity index (χ0n) is 23.4. The summed E-state index contributed by atoms with van der Waals surface area (Å²) in [5, 5.41) is 8.38. The van der Waals surface area contributed by atoms with Crippen molar-refractivity contribution >= 4 is 11.9 Å². The van der Waals surface area contributed by atoms with Crippen molar-refractivity contribution in [3.63, 3.8) is 0 Å². The zero-order chi connectivity index (χ0) is 27.4. The largest absolute Gasteiger partial charge is 0.466 e. The number of hydrogen-bond donors (Lipinski definition) is 1. The molecule has 1 N–H and O–H groups in total.